The lowest BCUT2D eigenvalue weighted by Gasteiger charge is -2.33. The first kappa shape index (κ1) is 22.3. The van der Waals surface area contributed by atoms with Crippen LogP contribution in [0.15, 0.2) is 52.2 Å². The minimum absolute atomic E-state index is 0.0558. The monoisotopic (exact) mass is 466 g/mol. The van der Waals surface area contributed by atoms with Crippen LogP contribution in [0.3, 0.4) is 0 Å². The molecule has 34 heavy (non-hydrogen) atoms. The summed E-state index contributed by atoms with van der Waals surface area (Å²) in [5.41, 5.74) is 0.910. The van der Waals surface area contributed by atoms with Gasteiger partial charge < -0.3 is 4.90 Å². The van der Waals surface area contributed by atoms with Crippen LogP contribution in [0.25, 0.3) is 17.2 Å². The second kappa shape index (κ2) is 9.06. The van der Waals surface area contributed by atoms with Crippen LogP contribution in [0.1, 0.15) is 30.9 Å². The Kier molecular flexibility index (Phi) is 5.95. The molecule has 1 aromatic carbocycles. The molecule has 4 heterocycles. The number of halogens is 2. The molecule has 2 aromatic heterocycles. The lowest BCUT2D eigenvalue weighted by molar-refractivity contribution is -0.115. The van der Waals surface area contributed by atoms with Gasteiger partial charge in [-0.2, -0.15) is 0 Å². The fourth-order valence-corrected chi connectivity index (χ4v) is 5.01. The van der Waals surface area contributed by atoms with E-state index in [1.807, 2.05) is 0 Å². The third-order valence-corrected chi connectivity index (χ3v) is 6.75. The molecule has 0 N–H and O–H groups in total. The molecular weight excluding hydrogens is 442 g/mol. The number of benzene rings is 1. The van der Waals surface area contributed by atoms with Crippen molar-refractivity contribution in [1.82, 2.24) is 19.0 Å². The molecule has 2 aliphatic heterocycles. The first-order valence-corrected chi connectivity index (χ1v) is 11.4. The quantitative estimate of drug-likeness (QED) is 0.522. The average Bonchev–Trinajstić information content (AvgIpc) is 3.21. The predicted octanol–water partition coefficient (Wildman–Crippen LogP) is 2.78. The van der Waals surface area contributed by atoms with Crippen LogP contribution < -0.4 is 11.1 Å². The van der Waals surface area contributed by atoms with E-state index in [1.54, 1.807) is 15.2 Å². The van der Waals surface area contributed by atoms with Crippen molar-refractivity contribution >= 4 is 23.0 Å². The molecule has 7 nitrogen and oxygen atoms in total. The third-order valence-electron chi connectivity index (χ3n) is 6.75. The minimum Gasteiger partial charge on any atom is -0.301 e. The highest BCUT2D eigenvalue weighted by atomic mass is 19.1. The van der Waals surface area contributed by atoms with Crippen molar-refractivity contribution in [2.45, 2.75) is 31.8 Å². The Morgan fingerprint density at radius 1 is 1.09 bits per heavy atom. The maximum atomic E-state index is 13.7. The van der Waals surface area contributed by atoms with E-state index in [-0.39, 0.29) is 34.4 Å². The Balaban J connectivity index is 1.18. The molecular formula is C25H24F2N4O3. The van der Waals surface area contributed by atoms with Gasteiger partial charge in [-0.1, -0.05) is 0 Å². The first-order valence-electron chi connectivity index (χ1n) is 11.4. The summed E-state index contributed by atoms with van der Waals surface area (Å²) in [5, 5.41) is 0. The topological polar surface area (TPSA) is 77.2 Å². The smallest absolute Gasteiger partial charge is 0.270 e. The number of rotatable bonds is 6. The maximum absolute atomic E-state index is 13.7. The van der Waals surface area contributed by atoms with Gasteiger partial charge in [-0.25, -0.2) is 13.8 Å². The number of piperidine rings is 1. The van der Waals surface area contributed by atoms with Crippen molar-refractivity contribution in [3.8, 4) is 0 Å². The van der Waals surface area contributed by atoms with Crippen LogP contribution in [0.4, 0.5) is 8.78 Å². The fourth-order valence-electron chi connectivity index (χ4n) is 5.01. The molecule has 1 saturated heterocycles. The molecule has 0 bridgehead atoms. The molecule has 1 fully saturated rings. The van der Waals surface area contributed by atoms with Crippen molar-refractivity contribution < 1.29 is 13.6 Å². The summed E-state index contributed by atoms with van der Waals surface area (Å²) in [4.78, 5) is 43.6. The zero-order chi connectivity index (χ0) is 23.8. The van der Waals surface area contributed by atoms with E-state index < -0.39 is 11.6 Å². The molecule has 0 spiro atoms. The number of hydrogen-bond acceptors (Lipinski definition) is 5. The van der Waals surface area contributed by atoms with Crippen LogP contribution in [0.2, 0.25) is 0 Å². The number of carbonyl (C=O) groups is 1. The van der Waals surface area contributed by atoms with Gasteiger partial charge in [-0.3, -0.25) is 23.5 Å². The van der Waals surface area contributed by atoms with Crippen molar-refractivity contribution in [1.29, 1.82) is 0 Å². The van der Waals surface area contributed by atoms with E-state index in [0.29, 0.717) is 30.7 Å². The van der Waals surface area contributed by atoms with Crippen molar-refractivity contribution in [2.75, 3.05) is 19.6 Å². The van der Waals surface area contributed by atoms with Crippen LogP contribution in [-0.4, -0.2) is 44.4 Å². The Morgan fingerprint density at radius 2 is 1.88 bits per heavy atom. The molecule has 1 atom stereocenters. The number of carbonyl (C=O) groups excluding carboxylic acids is 1. The zero-order valence-electron chi connectivity index (χ0n) is 18.5. The molecule has 0 amide bonds. The number of hydrogen-bond donors (Lipinski definition) is 0. The summed E-state index contributed by atoms with van der Waals surface area (Å²) in [6.07, 6.45) is 5.95. The first-order chi connectivity index (χ1) is 16.4. The van der Waals surface area contributed by atoms with Crippen molar-refractivity contribution in [2.24, 2.45) is 5.92 Å². The Labute approximate surface area is 194 Å². The fraction of sp³-hybridized carbons (Fsp3) is 0.360. The van der Waals surface area contributed by atoms with E-state index >= 15 is 0 Å². The highest BCUT2D eigenvalue weighted by Gasteiger charge is 2.29. The van der Waals surface area contributed by atoms with Gasteiger partial charge in [0.05, 0.1) is 12.2 Å². The molecule has 3 aromatic rings. The van der Waals surface area contributed by atoms with Gasteiger partial charge in [0.1, 0.15) is 22.8 Å². The lowest BCUT2D eigenvalue weighted by Crippen LogP contribution is -2.39. The van der Waals surface area contributed by atoms with Crippen LogP contribution in [-0.2, 0) is 11.3 Å². The molecule has 0 aliphatic carbocycles. The molecule has 1 unspecified atom stereocenters. The van der Waals surface area contributed by atoms with E-state index in [2.05, 4.69) is 9.88 Å². The summed E-state index contributed by atoms with van der Waals surface area (Å²) >= 11 is 0. The second-order valence-corrected chi connectivity index (χ2v) is 9.02. The molecule has 9 heteroatoms. The SMILES string of the molecule is O=C(/C=C/c1cc(F)ccc1F)CC1CCN(CC2Cn3c(=O)ccc4ncc(=O)n2c43)CC1. The maximum Gasteiger partial charge on any atom is 0.270 e. The summed E-state index contributed by atoms with van der Waals surface area (Å²) in [6.45, 7) is 2.65. The third kappa shape index (κ3) is 4.35. The number of aromatic nitrogens is 3. The van der Waals surface area contributed by atoms with Gasteiger partial charge in [0.25, 0.3) is 11.1 Å². The minimum atomic E-state index is -0.569. The zero-order valence-corrected chi connectivity index (χ0v) is 18.5. The van der Waals surface area contributed by atoms with E-state index in [1.165, 1.54) is 24.4 Å². The summed E-state index contributed by atoms with van der Waals surface area (Å²) in [7, 11) is 0. The van der Waals surface area contributed by atoms with Gasteiger partial charge in [0.2, 0.25) is 0 Å². The lowest BCUT2D eigenvalue weighted by atomic mass is 9.91. The highest BCUT2D eigenvalue weighted by Crippen LogP contribution is 2.26. The van der Waals surface area contributed by atoms with Gasteiger partial charge in [0, 0.05) is 31.1 Å². The Morgan fingerprint density at radius 3 is 2.68 bits per heavy atom. The summed E-state index contributed by atoms with van der Waals surface area (Å²) < 4.78 is 30.3. The van der Waals surface area contributed by atoms with Gasteiger partial charge in [0.15, 0.2) is 5.78 Å². The number of likely N-dealkylation sites (tertiary alicyclic amines) is 1. The summed E-state index contributed by atoms with van der Waals surface area (Å²) in [6, 6.07) is 6.13. The molecule has 5 rings (SSSR count). The van der Waals surface area contributed by atoms with Crippen LogP contribution in [0, 0.1) is 17.6 Å². The second-order valence-electron chi connectivity index (χ2n) is 9.02. The number of allylic oxidation sites excluding steroid dienone is 1. The van der Waals surface area contributed by atoms with Gasteiger partial charge in [-0.15, -0.1) is 0 Å². The van der Waals surface area contributed by atoms with E-state index in [0.717, 1.165) is 44.1 Å². The van der Waals surface area contributed by atoms with Gasteiger partial charge >= 0.3 is 0 Å². The standard InChI is InChI=1S/C25H24F2N4O3/c26-18-2-4-21(27)17(12-18)1-3-20(32)11-16-7-9-29(10-8-16)14-19-15-30-23(33)6-5-22-25(30)31(19)24(34)13-28-22/h1-6,12-13,16,19H,7-11,14-15H2/b3-1+. The van der Waals surface area contributed by atoms with Crippen LogP contribution in [0.5, 0.6) is 0 Å². The van der Waals surface area contributed by atoms with E-state index in [9.17, 15) is 23.2 Å². The van der Waals surface area contributed by atoms with Crippen molar-refractivity contribution in [3.05, 3.63) is 80.5 Å². The highest BCUT2D eigenvalue weighted by molar-refractivity contribution is 5.93. The number of ketones is 1. The van der Waals surface area contributed by atoms with Crippen LogP contribution >= 0.6 is 0 Å². The predicted molar refractivity (Wildman–Crippen MR) is 123 cm³/mol. The summed E-state index contributed by atoms with van der Waals surface area (Å²) in [5.74, 6) is -1.02. The molecule has 0 saturated carbocycles. The van der Waals surface area contributed by atoms with Crippen molar-refractivity contribution in [3.63, 3.8) is 0 Å². The van der Waals surface area contributed by atoms with E-state index in [4.69, 9.17) is 0 Å². The number of nitrogens with zero attached hydrogens (tertiary/aromatic N) is 4. The Bertz CT molecular complexity index is 1400. The molecule has 0 radical (unpaired) electrons. The molecule has 176 valence electrons. The largest absolute Gasteiger partial charge is 0.301 e. The molecule has 2 aliphatic rings. The average molecular weight is 466 g/mol. The number of pyridine rings is 1. The Hall–Kier alpha value is -3.46. The normalized spacial score (nSPS) is 18.8. The van der Waals surface area contributed by atoms with Gasteiger partial charge in [-0.05, 0) is 68.3 Å².